The van der Waals surface area contributed by atoms with Crippen LogP contribution in [0.25, 0.3) is 0 Å². The highest BCUT2D eigenvalue weighted by Crippen LogP contribution is 2.43. The molecule has 448 valence electrons. The van der Waals surface area contributed by atoms with Crippen LogP contribution in [0.2, 0.25) is 0 Å². The van der Waals surface area contributed by atoms with Crippen molar-refractivity contribution in [1.29, 1.82) is 0 Å². The van der Waals surface area contributed by atoms with E-state index >= 15 is 0 Å². The lowest BCUT2D eigenvalue weighted by molar-refractivity contribution is -0.870. The van der Waals surface area contributed by atoms with Crippen LogP contribution in [0.4, 0.5) is 0 Å². The zero-order chi connectivity index (χ0) is 55.6. The van der Waals surface area contributed by atoms with Crippen molar-refractivity contribution in [3.05, 3.63) is 48.6 Å². The van der Waals surface area contributed by atoms with Gasteiger partial charge in [-0.1, -0.05) is 294 Å². The van der Waals surface area contributed by atoms with E-state index in [-0.39, 0.29) is 19.1 Å². The SMILES string of the molecule is CCCCCCCCCCCCC/C=C/CC/C=C/CC/C=C/C(O)C(COP(=O)(O)OCC[N+](C)(C)C)NC(=O)CCCCCCCCCCCCCCCCCCC/C=C\CCCCCCCCCCCCCC. The Morgan fingerprint density at radius 3 is 1.05 bits per heavy atom. The number of amides is 1. The number of nitrogens with one attached hydrogen (secondary N) is 1. The molecule has 0 saturated heterocycles. The van der Waals surface area contributed by atoms with Crippen molar-refractivity contribution in [2.24, 2.45) is 0 Å². The average Bonchev–Trinajstić information content (AvgIpc) is 3.38. The summed E-state index contributed by atoms with van der Waals surface area (Å²) in [4.78, 5) is 23.4. The van der Waals surface area contributed by atoms with Crippen molar-refractivity contribution >= 4 is 13.7 Å². The second-order valence-electron chi connectivity index (χ2n) is 23.8. The number of carbonyl (C=O) groups excluding carboxylic acids is 1. The smallest absolute Gasteiger partial charge is 0.387 e. The van der Waals surface area contributed by atoms with Crippen LogP contribution in [0.5, 0.6) is 0 Å². The maximum absolute atomic E-state index is 13.0. The van der Waals surface area contributed by atoms with Gasteiger partial charge in [0.2, 0.25) is 5.91 Å². The summed E-state index contributed by atoms with van der Waals surface area (Å²) >= 11 is 0. The first-order valence-corrected chi connectivity index (χ1v) is 34.5. The summed E-state index contributed by atoms with van der Waals surface area (Å²) in [5, 5.41) is 13.9. The topological polar surface area (TPSA) is 105 Å². The number of nitrogens with zero attached hydrogens (tertiary/aromatic N) is 1. The molecular weight excluding hydrogens is 960 g/mol. The van der Waals surface area contributed by atoms with Crippen LogP contribution in [0.1, 0.15) is 322 Å². The molecule has 3 atom stereocenters. The minimum absolute atomic E-state index is 0.0541. The van der Waals surface area contributed by atoms with Gasteiger partial charge in [0.25, 0.3) is 0 Å². The van der Waals surface area contributed by atoms with Gasteiger partial charge in [-0.3, -0.25) is 13.8 Å². The molecular formula is C67H130N2O6P+. The van der Waals surface area contributed by atoms with E-state index in [1.165, 1.54) is 257 Å². The second-order valence-corrected chi connectivity index (χ2v) is 25.3. The third-order valence-electron chi connectivity index (χ3n) is 15.0. The molecule has 0 aromatic heterocycles. The second kappa shape index (κ2) is 58.1. The minimum atomic E-state index is -4.36. The van der Waals surface area contributed by atoms with Crippen molar-refractivity contribution in [2.45, 2.75) is 334 Å². The molecule has 0 aromatic rings. The van der Waals surface area contributed by atoms with E-state index in [1.807, 2.05) is 27.2 Å². The zero-order valence-corrected chi connectivity index (χ0v) is 52.2. The van der Waals surface area contributed by atoms with Crippen LogP contribution >= 0.6 is 7.82 Å². The van der Waals surface area contributed by atoms with Crippen molar-refractivity contribution in [3.63, 3.8) is 0 Å². The quantitative estimate of drug-likeness (QED) is 0.0243. The first kappa shape index (κ1) is 74.5. The molecule has 3 N–H and O–H groups in total. The number of likely N-dealkylation sites (N-methyl/N-ethyl adjacent to an activating group) is 1. The fraction of sp³-hybridized carbons (Fsp3) is 0.866. The maximum atomic E-state index is 13.0. The molecule has 0 saturated carbocycles. The molecule has 8 nitrogen and oxygen atoms in total. The maximum Gasteiger partial charge on any atom is 0.472 e. The third-order valence-corrected chi connectivity index (χ3v) is 16.0. The number of hydrogen-bond acceptors (Lipinski definition) is 5. The highest BCUT2D eigenvalue weighted by molar-refractivity contribution is 7.47. The number of phosphoric acid groups is 1. The van der Waals surface area contributed by atoms with Gasteiger partial charge in [0.1, 0.15) is 13.2 Å². The van der Waals surface area contributed by atoms with Gasteiger partial charge in [-0.2, -0.15) is 0 Å². The molecule has 0 fully saturated rings. The molecule has 76 heavy (non-hydrogen) atoms. The van der Waals surface area contributed by atoms with Gasteiger partial charge < -0.3 is 19.8 Å². The summed E-state index contributed by atoms with van der Waals surface area (Å²) in [6.07, 6.45) is 78.3. The number of hydrogen-bond donors (Lipinski definition) is 3. The molecule has 0 heterocycles. The Morgan fingerprint density at radius 2 is 0.724 bits per heavy atom. The summed E-state index contributed by atoms with van der Waals surface area (Å²) in [5.74, 6) is -0.186. The fourth-order valence-corrected chi connectivity index (χ4v) is 10.6. The predicted octanol–water partition coefficient (Wildman–Crippen LogP) is 20.7. The predicted molar refractivity (Wildman–Crippen MR) is 332 cm³/mol. The highest BCUT2D eigenvalue weighted by atomic mass is 31.2. The van der Waals surface area contributed by atoms with Crippen LogP contribution in [-0.2, 0) is 18.4 Å². The summed E-state index contributed by atoms with van der Waals surface area (Å²) in [5.41, 5.74) is 0. The number of aliphatic hydroxyl groups is 1. The van der Waals surface area contributed by atoms with Crippen LogP contribution in [-0.4, -0.2) is 73.4 Å². The molecule has 0 aromatic carbocycles. The van der Waals surface area contributed by atoms with Gasteiger partial charge in [-0.25, -0.2) is 4.57 Å². The lowest BCUT2D eigenvalue weighted by Gasteiger charge is -2.25. The van der Waals surface area contributed by atoms with Crippen molar-refractivity contribution in [3.8, 4) is 0 Å². The standard InChI is InChI=1S/C67H129N2O6P/c1-6-8-10-12-14-16-18-20-22-24-26-28-29-30-31-32-33-34-35-36-37-38-39-41-43-45-47-49-51-53-55-57-59-61-67(71)68-65(64-75-76(72,73)74-63-62-69(3,4)5)66(70)60-58-56-54-52-50-48-46-44-42-40-27-25-23-21-19-17-15-13-11-9-7-2/h30-31,42,44,50,52,58,60,65-66,70H,6-29,32-41,43,45-49,51,53-57,59,61-64H2,1-5H3,(H-,68,71,72,73)/p+1/b31-30-,44-42+,52-50+,60-58+. The molecule has 0 aliphatic carbocycles. The third kappa shape index (κ3) is 60.1. The van der Waals surface area contributed by atoms with Gasteiger partial charge in [0.15, 0.2) is 0 Å². The Balaban J connectivity index is 4.09. The molecule has 0 rings (SSSR count). The molecule has 1 amide bonds. The molecule has 0 spiro atoms. The van der Waals surface area contributed by atoms with Crippen molar-refractivity contribution < 1.29 is 32.9 Å². The van der Waals surface area contributed by atoms with E-state index in [0.29, 0.717) is 17.4 Å². The van der Waals surface area contributed by atoms with E-state index in [9.17, 15) is 19.4 Å². The number of aliphatic hydroxyl groups excluding tert-OH is 1. The Morgan fingerprint density at radius 1 is 0.434 bits per heavy atom. The molecule has 0 aliphatic rings. The molecule has 3 unspecified atom stereocenters. The van der Waals surface area contributed by atoms with Crippen molar-refractivity contribution in [1.82, 2.24) is 5.32 Å². The Hall–Kier alpha value is -1.54. The van der Waals surface area contributed by atoms with Crippen LogP contribution < -0.4 is 5.32 Å². The number of phosphoric ester groups is 1. The normalized spacial score (nSPS) is 14.0. The Bertz CT molecular complexity index is 1380. The lowest BCUT2D eigenvalue weighted by Crippen LogP contribution is -2.45. The van der Waals surface area contributed by atoms with Crippen LogP contribution in [0.15, 0.2) is 48.6 Å². The van der Waals surface area contributed by atoms with Crippen LogP contribution in [0, 0.1) is 0 Å². The summed E-state index contributed by atoms with van der Waals surface area (Å²) in [6.45, 7) is 4.83. The average molecular weight is 1090 g/mol. The molecule has 0 radical (unpaired) electrons. The van der Waals surface area contributed by atoms with Gasteiger partial charge in [-0.15, -0.1) is 0 Å². The number of rotatable bonds is 61. The van der Waals surface area contributed by atoms with Crippen LogP contribution in [0.3, 0.4) is 0 Å². The van der Waals surface area contributed by atoms with E-state index < -0.39 is 20.0 Å². The van der Waals surface area contributed by atoms with Gasteiger partial charge in [-0.05, 0) is 70.6 Å². The summed E-state index contributed by atoms with van der Waals surface area (Å²) in [7, 11) is 1.56. The minimum Gasteiger partial charge on any atom is -0.387 e. The van der Waals surface area contributed by atoms with E-state index in [4.69, 9.17) is 9.05 Å². The lowest BCUT2D eigenvalue weighted by atomic mass is 10.0. The van der Waals surface area contributed by atoms with Gasteiger partial charge >= 0.3 is 7.82 Å². The first-order valence-electron chi connectivity index (χ1n) is 33.0. The molecule has 0 aliphatic heterocycles. The number of allylic oxidation sites excluding steroid dienone is 7. The summed E-state index contributed by atoms with van der Waals surface area (Å²) in [6, 6.07) is -0.870. The molecule has 0 bridgehead atoms. The first-order chi connectivity index (χ1) is 37.0. The Labute approximate surface area is 473 Å². The largest absolute Gasteiger partial charge is 0.472 e. The van der Waals surface area contributed by atoms with E-state index in [1.54, 1.807) is 6.08 Å². The van der Waals surface area contributed by atoms with E-state index in [2.05, 4.69) is 55.6 Å². The zero-order valence-electron chi connectivity index (χ0n) is 51.3. The fourth-order valence-electron chi connectivity index (χ4n) is 9.84. The number of carbonyl (C=O) groups is 1. The number of quaternary nitrogens is 1. The molecule has 9 heteroatoms. The van der Waals surface area contributed by atoms with E-state index in [0.717, 1.165) is 44.9 Å². The highest BCUT2D eigenvalue weighted by Gasteiger charge is 2.28. The Kier molecular flexibility index (Phi) is 56.9. The summed E-state index contributed by atoms with van der Waals surface area (Å²) < 4.78 is 23.7. The van der Waals surface area contributed by atoms with Gasteiger partial charge in [0, 0.05) is 6.42 Å². The van der Waals surface area contributed by atoms with Gasteiger partial charge in [0.05, 0.1) is 39.9 Å². The van der Waals surface area contributed by atoms with Crippen molar-refractivity contribution in [2.75, 3.05) is 40.9 Å². The monoisotopic (exact) mass is 1090 g/mol. The number of unbranched alkanes of at least 4 members (excludes halogenated alkanes) is 42.